The Morgan fingerprint density at radius 3 is 2.59 bits per heavy atom. The van der Waals surface area contributed by atoms with Gasteiger partial charge in [-0.05, 0) is 67.7 Å². The summed E-state index contributed by atoms with van der Waals surface area (Å²) in [5, 5.41) is 3.67. The third kappa shape index (κ3) is 2.58. The molecular weight excluding hydrogens is 274 g/mol. The Morgan fingerprint density at radius 2 is 1.88 bits per heavy atom. The van der Waals surface area contributed by atoms with Crippen molar-refractivity contribution >= 4 is 15.9 Å². The molecule has 0 radical (unpaired) electrons. The molecule has 1 nitrogen and oxygen atoms in total. The van der Waals surface area contributed by atoms with Crippen LogP contribution in [0.15, 0.2) is 28.7 Å². The minimum atomic E-state index is 0.542. The predicted octanol–water partition coefficient (Wildman–Crippen LogP) is 3.77. The van der Waals surface area contributed by atoms with E-state index in [4.69, 9.17) is 0 Å². The van der Waals surface area contributed by atoms with Gasteiger partial charge in [-0.2, -0.15) is 0 Å². The van der Waals surface area contributed by atoms with Crippen molar-refractivity contribution in [3.8, 4) is 0 Å². The van der Waals surface area contributed by atoms with Crippen molar-refractivity contribution in [2.75, 3.05) is 13.1 Å². The van der Waals surface area contributed by atoms with Crippen LogP contribution >= 0.6 is 15.9 Å². The minimum absolute atomic E-state index is 0.542. The average molecular weight is 294 g/mol. The van der Waals surface area contributed by atoms with Crippen LogP contribution in [0.2, 0.25) is 0 Å². The summed E-state index contributed by atoms with van der Waals surface area (Å²) in [4.78, 5) is 0. The molecule has 3 aliphatic rings. The number of hydrogen-bond donors (Lipinski definition) is 1. The fourth-order valence-corrected chi connectivity index (χ4v) is 3.75. The molecule has 1 saturated carbocycles. The molecule has 1 N–H and O–H groups in total. The van der Waals surface area contributed by atoms with E-state index in [0.717, 1.165) is 5.92 Å². The number of hydrogen-bond acceptors (Lipinski definition) is 1. The molecule has 2 aliphatic heterocycles. The number of fused-ring (bicyclic) bond motifs is 4. The number of halogens is 1. The molecule has 2 heterocycles. The van der Waals surface area contributed by atoms with Gasteiger partial charge in [0.2, 0.25) is 0 Å². The lowest BCUT2D eigenvalue weighted by Gasteiger charge is -2.36. The smallest absolute Gasteiger partial charge is 0.0175 e. The van der Waals surface area contributed by atoms with E-state index in [-0.39, 0.29) is 0 Å². The van der Waals surface area contributed by atoms with Crippen LogP contribution in [0.25, 0.3) is 0 Å². The first-order valence-corrected chi connectivity index (χ1v) is 7.50. The predicted molar refractivity (Wildman–Crippen MR) is 75.1 cm³/mol. The first kappa shape index (κ1) is 11.7. The fourth-order valence-electron chi connectivity index (χ4n) is 3.49. The van der Waals surface area contributed by atoms with Crippen molar-refractivity contribution in [3.05, 3.63) is 34.3 Å². The second-order valence-corrected chi connectivity index (χ2v) is 6.79. The Hall–Kier alpha value is -0.340. The summed E-state index contributed by atoms with van der Waals surface area (Å²) in [5.41, 5.74) is 2.04. The summed E-state index contributed by atoms with van der Waals surface area (Å²) in [6, 6.07) is 8.88. The Labute approximate surface area is 112 Å². The fraction of sp³-hybridized carbons (Fsp3) is 0.600. The summed E-state index contributed by atoms with van der Waals surface area (Å²) < 4.78 is 1.18. The quantitative estimate of drug-likeness (QED) is 0.875. The topological polar surface area (TPSA) is 12.0 Å². The van der Waals surface area contributed by atoms with Gasteiger partial charge < -0.3 is 5.32 Å². The lowest BCUT2D eigenvalue weighted by Crippen LogP contribution is -2.33. The van der Waals surface area contributed by atoms with Crippen molar-refractivity contribution < 1.29 is 0 Å². The molecule has 1 aliphatic carbocycles. The molecule has 92 valence electrons. The Balaban J connectivity index is 1.76. The monoisotopic (exact) mass is 293 g/mol. The molecule has 2 saturated heterocycles. The second kappa shape index (κ2) is 4.74. The van der Waals surface area contributed by atoms with Gasteiger partial charge >= 0.3 is 0 Å². The highest BCUT2D eigenvalue weighted by atomic mass is 79.9. The zero-order valence-corrected chi connectivity index (χ0v) is 11.8. The van der Waals surface area contributed by atoms with E-state index in [1.165, 1.54) is 55.2 Å². The van der Waals surface area contributed by atoms with Crippen LogP contribution in [0.3, 0.4) is 0 Å². The molecule has 3 fully saturated rings. The highest BCUT2D eigenvalue weighted by Gasteiger charge is 2.37. The van der Waals surface area contributed by atoms with Crippen molar-refractivity contribution in [1.29, 1.82) is 0 Å². The number of benzene rings is 1. The molecule has 0 unspecified atom stereocenters. The van der Waals surface area contributed by atoms with Gasteiger partial charge in [0.25, 0.3) is 0 Å². The molecule has 1 aromatic rings. The SMILES string of the molecule is Brc1ccc(CC23CCC(CC2)CNC3)cc1. The summed E-state index contributed by atoms with van der Waals surface area (Å²) >= 11 is 3.51. The Kier molecular flexibility index (Phi) is 3.27. The van der Waals surface area contributed by atoms with Gasteiger partial charge in [0, 0.05) is 11.0 Å². The van der Waals surface area contributed by atoms with E-state index < -0.39 is 0 Å². The summed E-state index contributed by atoms with van der Waals surface area (Å²) in [5.74, 6) is 0.954. The van der Waals surface area contributed by atoms with E-state index in [1.54, 1.807) is 0 Å². The zero-order chi connectivity index (χ0) is 11.7. The van der Waals surface area contributed by atoms with Gasteiger partial charge in [-0.3, -0.25) is 0 Å². The lowest BCUT2D eigenvalue weighted by molar-refractivity contribution is 0.186. The van der Waals surface area contributed by atoms with Crippen molar-refractivity contribution in [3.63, 3.8) is 0 Å². The summed E-state index contributed by atoms with van der Waals surface area (Å²) in [7, 11) is 0. The molecule has 0 amide bonds. The van der Waals surface area contributed by atoms with Crippen molar-refractivity contribution in [1.82, 2.24) is 5.32 Å². The Morgan fingerprint density at radius 1 is 1.18 bits per heavy atom. The third-order valence-corrected chi connectivity index (χ3v) is 5.12. The third-order valence-electron chi connectivity index (χ3n) is 4.59. The molecular formula is C15H20BrN. The van der Waals surface area contributed by atoms with Crippen LogP contribution in [0.1, 0.15) is 31.2 Å². The molecule has 1 aromatic carbocycles. The molecule has 0 atom stereocenters. The van der Waals surface area contributed by atoms with E-state index in [0.29, 0.717) is 5.41 Å². The van der Waals surface area contributed by atoms with Crippen LogP contribution in [-0.4, -0.2) is 13.1 Å². The van der Waals surface area contributed by atoms with Crippen LogP contribution in [-0.2, 0) is 6.42 Å². The van der Waals surface area contributed by atoms with Gasteiger partial charge in [0.1, 0.15) is 0 Å². The molecule has 0 aromatic heterocycles. The second-order valence-electron chi connectivity index (χ2n) is 5.88. The van der Waals surface area contributed by atoms with E-state index >= 15 is 0 Å². The van der Waals surface area contributed by atoms with Gasteiger partial charge in [0.15, 0.2) is 0 Å². The lowest BCUT2D eigenvalue weighted by atomic mass is 9.69. The van der Waals surface area contributed by atoms with Crippen molar-refractivity contribution in [2.24, 2.45) is 11.3 Å². The summed E-state index contributed by atoms with van der Waals surface area (Å²) in [6.45, 7) is 2.47. The van der Waals surface area contributed by atoms with E-state index in [9.17, 15) is 0 Å². The molecule has 0 spiro atoms. The van der Waals surface area contributed by atoms with Crippen molar-refractivity contribution in [2.45, 2.75) is 32.1 Å². The van der Waals surface area contributed by atoms with Gasteiger partial charge in [0.05, 0.1) is 0 Å². The first-order valence-electron chi connectivity index (χ1n) is 6.71. The van der Waals surface area contributed by atoms with E-state index in [2.05, 4.69) is 45.5 Å². The molecule has 2 bridgehead atoms. The van der Waals surface area contributed by atoms with E-state index in [1.807, 2.05) is 0 Å². The number of nitrogens with one attached hydrogen (secondary N) is 1. The highest BCUT2D eigenvalue weighted by Crippen LogP contribution is 2.43. The van der Waals surface area contributed by atoms with Crippen LogP contribution < -0.4 is 5.32 Å². The normalized spacial score (nSPS) is 32.4. The number of rotatable bonds is 2. The standard InChI is InChI=1S/C15H20BrN/c16-14-3-1-12(2-4-14)9-15-7-5-13(6-8-15)10-17-11-15/h1-4,13,17H,5-11H2. The maximum absolute atomic E-state index is 3.67. The maximum Gasteiger partial charge on any atom is 0.0175 e. The summed E-state index contributed by atoms with van der Waals surface area (Å²) in [6.07, 6.45) is 6.95. The Bertz CT molecular complexity index is 371. The molecule has 2 heteroatoms. The van der Waals surface area contributed by atoms with Crippen LogP contribution in [0, 0.1) is 11.3 Å². The first-order chi connectivity index (χ1) is 8.26. The van der Waals surface area contributed by atoms with Crippen LogP contribution in [0.5, 0.6) is 0 Å². The van der Waals surface area contributed by atoms with Crippen LogP contribution in [0.4, 0.5) is 0 Å². The van der Waals surface area contributed by atoms with Gasteiger partial charge in [-0.25, -0.2) is 0 Å². The maximum atomic E-state index is 3.67. The molecule has 4 rings (SSSR count). The van der Waals surface area contributed by atoms with Gasteiger partial charge in [-0.15, -0.1) is 0 Å². The minimum Gasteiger partial charge on any atom is -0.316 e. The largest absolute Gasteiger partial charge is 0.316 e. The average Bonchev–Trinajstić information content (AvgIpc) is 2.66. The highest BCUT2D eigenvalue weighted by molar-refractivity contribution is 9.10. The molecule has 17 heavy (non-hydrogen) atoms. The van der Waals surface area contributed by atoms with Gasteiger partial charge in [-0.1, -0.05) is 28.1 Å². The zero-order valence-electron chi connectivity index (χ0n) is 10.2.